The number of pyridine rings is 1. The number of rotatable bonds is 10. The van der Waals surface area contributed by atoms with E-state index < -0.39 is 29.7 Å². The van der Waals surface area contributed by atoms with Gasteiger partial charge in [0.25, 0.3) is 5.91 Å². The molecule has 46 heavy (non-hydrogen) atoms. The fraction of sp³-hybridized carbons (Fsp3) is 0.500. The molecule has 5 rings (SSSR count). The third-order valence-corrected chi connectivity index (χ3v) is 10.1. The summed E-state index contributed by atoms with van der Waals surface area (Å²) in [6.07, 6.45) is 8.14. The second-order valence-corrected chi connectivity index (χ2v) is 13.3. The van der Waals surface area contributed by atoms with Crippen LogP contribution in [0.3, 0.4) is 0 Å². The van der Waals surface area contributed by atoms with Gasteiger partial charge >= 0.3 is 0 Å². The molecule has 3 aromatic rings. The zero-order chi connectivity index (χ0) is 32.8. The number of hydrogen-bond donors (Lipinski definition) is 3. The highest BCUT2D eigenvalue weighted by Crippen LogP contribution is 2.31. The first kappa shape index (κ1) is 33.5. The Morgan fingerprint density at radius 1 is 1.04 bits per heavy atom. The maximum Gasteiger partial charge on any atom is 0.253 e. The number of piperazine rings is 1. The first-order valence-electron chi connectivity index (χ1n) is 16.1. The van der Waals surface area contributed by atoms with Gasteiger partial charge in [0.15, 0.2) is 0 Å². The van der Waals surface area contributed by atoms with Crippen molar-refractivity contribution in [2.45, 2.75) is 70.4 Å². The first-order chi connectivity index (χ1) is 22.2. The number of likely N-dealkylation sites (N-methyl/N-ethyl adjacent to an activating group) is 1. The number of carbonyl (C=O) groups excluding carboxylic acids is 4. The predicted molar refractivity (Wildman–Crippen MR) is 177 cm³/mol. The van der Waals surface area contributed by atoms with E-state index in [1.807, 2.05) is 7.05 Å². The maximum absolute atomic E-state index is 15.8. The minimum atomic E-state index is -0.848. The summed E-state index contributed by atoms with van der Waals surface area (Å²) in [5, 5.41) is 11.1. The van der Waals surface area contributed by atoms with Crippen LogP contribution in [0.5, 0.6) is 0 Å². The van der Waals surface area contributed by atoms with E-state index in [0.29, 0.717) is 24.2 Å². The molecular weight excluding hydrogens is 607 g/mol. The zero-order valence-corrected chi connectivity index (χ0v) is 27.5. The van der Waals surface area contributed by atoms with Gasteiger partial charge in [-0.2, -0.15) is 0 Å². The van der Waals surface area contributed by atoms with E-state index >= 15 is 4.39 Å². The number of benzene rings is 1. The number of thiophene rings is 1. The van der Waals surface area contributed by atoms with Gasteiger partial charge in [-0.25, -0.2) is 4.39 Å². The summed E-state index contributed by atoms with van der Waals surface area (Å²) < 4.78 is 16.6. The predicted octanol–water partition coefficient (Wildman–Crippen LogP) is 4.53. The molecule has 1 aliphatic carbocycles. The van der Waals surface area contributed by atoms with Crippen LogP contribution in [0.15, 0.2) is 42.0 Å². The lowest BCUT2D eigenvalue weighted by atomic mass is 9.83. The van der Waals surface area contributed by atoms with E-state index in [1.165, 1.54) is 23.5 Å². The SMILES string of the molecule is CCC(=O)N[C@H](C)[C@@H](C(=O)N1CCN(C)CC1)c1ccc(NC(=O)[C@@H](NC(=O)c2csc3cnccc23)C2CCCCC2)c(F)c1. The van der Waals surface area contributed by atoms with Crippen molar-refractivity contribution in [2.75, 3.05) is 38.5 Å². The van der Waals surface area contributed by atoms with E-state index in [0.717, 1.165) is 55.3 Å². The average Bonchev–Trinajstić information content (AvgIpc) is 3.50. The van der Waals surface area contributed by atoms with Crippen LogP contribution in [0.2, 0.25) is 0 Å². The van der Waals surface area contributed by atoms with Crippen LogP contribution in [-0.2, 0) is 14.4 Å². The lowest BCUT2D eigenvalue weighted by Crippen LogP contribution is -2.51. The van der Waals surface area contributed by atoms with Crippen LogP contribution < -0.4 is 16.0 Å². The Labute approximate surface area is 273 Å². The number of nitrogens with zero attached hydrogens (tertiary/aromatic N) is 3. The van der Waals surface area contributed by atoms with Gasteiger partial charge in [0.2, 0.25) is 17.7 Å². The Hall–Kier alpha value is -3.90. The number of carbonyl (C=O) groups is 4. The van der Waals surface area contributed by atoms with Crippen LogP contribution in [0.4, 0.5) is 10.1 Å². The molecule has 246 valence electrons. The number of fused-ring (bicyclic) bond motifs is 1. The number of amides is 4. The summed E-state index contributed by atoms with van der Waals surface area (Å²) >= 11 is 1.41. The topological polar surface area (TPSA) is 124 Å². The highest BCUT2D eigenvalue weighted by molar-refractivity contribution is 7.17. The van der Waals surface area contributed by atoms with Gasteiger partial charge in [-0.15, -0.1) is 11.3 Å². The maximum atomic E-state index is 15.8. The average molecular weight is 651 g/mol. The summed E-state index contributed by atoms with van der Waals surface area (Å²) in [6.45, 7) is 6.04. The van der Waals surface area contributed by atoms with Gasteiger partial charge in [0, 0.05) is 61.8 Å². The molecule has 2 fully saturated rings. The molecule has 2 aliphatic rings. The molecule has 1 aliphatic heterocycles. The van der Waals surface area contributed by atoms with E-state index in [9.17, 15) is 19.2 Å². The van der Waals surface area contributed by atoms with Gasteiger partial charge in [0.1, 0.15) is 11.9 Å². The van der Waals surface area contributed by atoms with Crippen molar-refractivity contribution in [3.8, 4) is 0 Å². The molecule has 1 saturated heterocycles. The highest BCUT2D eigenvalue weighted by Gasteiger charge is 2.35. The van der Waals surface area contributed by atoms with Gasteiger partial charge < -0.3 is 25.8 Å². The fourth-order valence-electron chi connectivity index (χ4n) is 6.49. The molecule has 0 bridgehead atoms. The van der Waals surface area contributed by atoms with Gasteiger partial charge in [-0.05, 0) is 56.5 Å². The summed E-state index contributed by atoms with van der Waals surface area (Å²) in [5.74, 6) is -2.79. The molecule has 3 N–H and O–H groups in total. The molecule has 0 unspecified atom stereocenters. The molecule has 0 spiro atoms. The summed E-state index contributed by atoms with van der Waals surface area (Å²) in [6, 6.07) is 4.71. The van der Waals surface area contributed by atoms with Crippen LogP contribution in [0, 0.1) is 11.7 Å². The Morgan fingerprint density at radius 3 is 2.48 bits per heavy atom. The van der Waals surface area contributed by atoms with E-state index in [-0.39, 0.29) is 35.7 Å². The Kier molecular flexibility index (Phi) is 11.0. The molecule has 12 heteroatoms. The molecule has 2 aromatic heterocycles. The quantitative estimate of drug-likeness (QED) is 0.297. The van der Waals surface area contributed by atoms with E-state index in [2.05, 4.69) is 25.8 Å². The van der Waals surface area contributed by atoms with Crippen molar-refractivity contribution in [1.82, 2.24) is 25.4 Å². The monoisotopic (exact) mass is 650 g/mol. The van der Waals surface area contributed by atoms with Gasteiger partial charge in [-0.1, -0.05) is 32.3 Å². The fourth-order valence-corrected chi connectivity index (χ4v) is 7.39. The Balaban J connectivity index is 1.36. The number of anilines is 1. The van der Waals surface area contributed by atoms with Gasteiger partial charge in [0.05, 0.1) is 21.9 Å². The lowest BCUT2D eigenvalue weighted by Gasteiger charge is -2.36. The van der Waals surface area contributed by atoms with E-state index in [1.54, 1.807) is 48.7 Å². The third-order valence-electron chi connectivity index (χ3n) is 9.21. The van der Waals surface area contributed by atoms with Crippen molar-refractivity contribution in [2.24, 2.45) is 5.92 Å². The molecule has 4 amide bonds. The second-order valence-electron chi connectivity index (χ2n) is 12.4. The smallest absolute Gasteiger partial charge is 0.253 e. The number of halogens is 1. The molecule has 1 aromatic carbocycles. The van der Waals surface area contributed by atoms with Crippen molar-refractivity contribution >= 4 is 50.7 Å². The minimum absolute atomic E-state index is 0.0353. The normalized spacial score (nSPS) is 18.0. The Morgan fingerprint density at radius 2 is 1.78 bits per heavy atom. The van der Waals surface area contributed by atoms with Gasteiger partial charge in [-0.3, -0.25) is 24.2 Å². The number of aromatic nitrogens is 1. The molecule has 1 saturated carbocycles. The largest absolute Gasteiger partial charge is 0.353 e. The molecule has 10 nitrogen and oxygen atoms in total. The summed E-state index contributed by atoms with van der Waals surface area (Å²) in [4.78, 5) is 61.2. The van der Waals surface area contributed by atoms with Crippen molar-refractivity contribution in [3.05, 3.63) is 59.0 Å². The van der Waals surface area contributed by atoms with Crippen LogP contribution in [0.25, 0.3) is 10.1 Å². The molecular formula is C34H43FN6O4S. The summed E-state index contributed by atoms with van der Waals surface area (Å²) in [5.41, 5.74) is 0.859. The lowest BCUT2D eigenvalue weighted by molar-refractivity contribution is -0.135. The Bertz CT molecular complexity index is 1570. The first-order valence-corrected chi connectivity index (χ1v) is 17.0. The zero-order valence-electron chi connectivity index (χ0n) is 26.7. The van der Waals surface area contributed by atoms with Crippen LogP contribution in [0.1, 0.15) is 74.2 Å². The number of nitrogens with one attached hydrogen (secondary N) is 3. The third kappa shape index (κ3) is 7.72. The molecule has 3 atom stereocenters. The summed E-state index contributed by atoms with van der Waals surface area (Å²) in [7, 11) is 2.00. The van der Waals surface area contributed by atoms with Crippen molar-refractivity contribution in [3.63, 3.8) is 0 Å². The minimum Gasteiger partial charge on any atom is -0.353 e. The standard InChI is InChI=1S/C34H43FN6O4S/c1-4-29(42)37-21(2)30(34(45)41-16-14-40(3)15-17-41)23-10-11-27(26(35)18-23)38-33(44)31(22-8-6-5-7-9-22)39-32(43)25-20-46-28-19-36-13-12-24(25)28/h10-13,18-22,30-31H,4-9,14-17H2,1-3H3,(H,37,42)(H,38,44)(H,39,43)/t21-,30-,31+/m1/s1. The van der Waals surface area contributed by atoms with E-state index in [4.69, 9.17) is 0 Å². The molecule has 3 heterocycles. The number of hydrogen-bond acceptors (Lipinski definition) is 7. The van der Waals surface area contributed by atoms with Crippen molar-refractivity contribution in [1.29, 1.82) is 0 Å². The highest BCUT2D eigenvalue weighted by atomic mass is 32.1. The second kappa shape index (κ2) is 15.1. The molecule has 0 radical (unpaired) electrons. The van der Waals surface area contributed by atoms with Crippen LogP contribution >= 0.6 is 11.3 Å². The van der Waals surface area contributed by atoms with Crippen molar-refractivity contribution < 1.29 is 23.6 Å². The van der Waals surface area contributed by atoms with Crippen LogP contribution in [-0.4, -0.2) is 83.7 Å².